The lowest BCUT2D eigenvalue weighted by Crippen LogP contribution is -2.48. The van der Waals surface area contributed by atoms with E-state index in [-0.39, 0.29) is 6.10 Å². The summed E-state index contributed by atoms with van der Waals surface area (Å²) in [6, 6.07) is 17.7. The van der Waals surface area contributed by atoms with Crippen LogP contribution in [-0.4, -0.2) is 45.0 Å². The summed E-state index contributed by atoms with van der Waals surface area (Å²) in [6.07, 6.45) is 0.256. The Morgan fingerprint density at radius 2 is 1.62 bits per heavy atom. The number of fused-ring (bicyclic) bond motifs is 2. The monoisotopic (exact) mass is 277 g/mol. The summed E-state index contributed by atoms with van der Waals surface area (Å²) in [4.78, 5) is 2.38. The van der Waals surface area contributed by atoms with Crippen LogP contribution in [0.1, 0.15) is 17.0 Å². The quantitative estimate of drug-likeness (QED) is 0.717. The normalized spacial score (nSPS) is 22.2. The molecule has 2 nitrogen and oxygen atoms in total. The van der Waals surface area contributed by atoms with E-state index in [0.717, 1.165) is 27.0 Å². The number of nitrogens with zero attached hydrogens (tertiary/aromatic N) is 1. The van der Waals surface area contributed by atoms with Gasteiger partial charge < -0.3 is 9.64 Å². The van der Waals surface area contributed by atoms with Crippen LogP contribution in [0.5, 0.6) is 0 Å². The van der Waals surface area contributed by atoms with Crippen molar-refractivity contribution in [3.8, 4) is 0 Å². The zero-order chi connectivity index (χ0) is 14.2. The lowest BCUT2D eigenvalue weighted by molar-refractivity contribution is -0.0271. The van der Waals surface area contributed by atoms with Gasteiger partial charge in [0.2, 0.25) is 0 Å². The van der Waals surface area contributed by atoms with Gasteiger partial charge in [-0.1, -0.05) is 59.5 Å². The van der Waals surface area contributed by atoms with E-state index in [1.807, 2.05) is 0 Å². The summed E-state index contributed by atoms with van der Waals surface area (Å²) in [5.41, 5.74) is 5.82. The minimum atomic E-state index is 0.256. The van der Waals surface area contributed by atoms with Crippen LogP contribution in [0.3, 0.4) is 0 Å². The zero-order valence-electron chi connectivity index (χ0n) is 12.5. The van der Waals surface area contributed by atoms with Crippen molar-refractivity contribution in [1.29, 1.82) is 0 Å². The number of ether oxygens (including phenoxy) is 1. The Labute approximate surface area is 127 Å². The van der Waals surface area contributed by atoms with Crippen LogP contribution < -0.4 is 10.9 Å². The Balaban J connectivity index is 1.81. The molecule has 1 atom stereocenters. The second-order valence-corrected chi connectivity index (χ2v) is 6.22. The Morgan fingerprint density at radius 1 is 1.00 bits per heavy atom. The molecule has 2 aromatic carbocycles. The van der Waals surface area contributed by atoms with Gasteiger partial charge in [-0.2, -0.15) is 0 Å². The molecule has 2 aliphatic rings. The molecule has 0 saturated carbocycles. The van der Waals surface area contributed by atoms with Crippen LogP contribution in [0, 0.1) is 0 Å². The van der Waals surface area contributed by atoms with E-state index < -0.39 is 0 Å². The molecule has 0 aliphatic carbocycles. The average molecular weight is 277 g/mol. The Bertz CT molecular complexity index is 612. The van der Waals surface area contributed by atoms with Gasteiger partial charge >= 0.3 is 0 Å². The first-order valence-electron chi connectivity index (χ1n) is 7.78. The Hall–Kier alpha value is -1.58. The number of benzene rings is 2. The highest BCUT2D eigenvalue weighted by Crippen LogP contribution is 2.31. The Kier molecular flexibility index (Phi) is 3.32. The summed E-state index contributed by atoms with van der Waals surface area (Å²) < 4.78 is 6.16. The summed E-state index contributed by atoms with van der Waals surface area (Å²) in [7, 11) is 3.24. The maximum Gasteiger partial charge on any atom is 0.193 e. The molecule has 21 heavy (non-hydrogen) atoms. The predicted octanol–water partition coefficient (Wildman–Crippen LogP) is 0.850. The molecule has 0 N–H and O–H groups in total. The first-order chi connectivity index (χ1) is 10.3. The average Bonchev–Trinajstić information content (AvgIpc) is 2.52. The molecule has 106 valence electrons. The second-order valence-electron chi connectivity index (χ2n) is 6.22. The fourth-order valence-electron chi connectivity index (χ4n) is 3.78. The fourth-order valence-corrected chi connectivity index (χ4v) is 3.78. The van der Waals surface area contributed by atoms with Crippen molar-refractivity contribution in [3.63, 3.8) is 0 Å². The summed E-state index contributed by atoms with van der Waals surface area (Å²) >= 11 is 0. The van der Waals surface area contributed by atoms with Crippen LogP contribution in [0.15, 0.2) is 48.5 Å². The molecule has 1 fully saturated rings. The smallest absolute Gasteiger partial charge is 0.193 e. The van der Waals surface area contributed by atoms with Gasteiger partial charge in [-0.05, 0) is 18.2 Å². The van der Waals surface area contributed by atoms with Gasteiger partial charge in [-0.15, -0.1) is 0 Å². The molecule has 1 unspecified atom stereocenters. The van der Waals surface area contributed by atoms with E-state index in [1.165, 1.54) is 22.1 Å². The van der Waals surface area contributed by atoms with Gasteiger partial charge in [0, 0.05) is 19.0 Å². The van der Waals surface area contributed by atoms with Crippen molar-refractivity contribution < 1.29 is 4.74 Å². The third-order valence-electron chi connectivity index (χ3n) is 4.83. The molecule has 4 rings (SSSR count). The van der Waals surface area contributed by atoms with Crippen molar-refractivity contribution in [2.75, 3.05) is 26.7 Å². The van der Waals surface area contributed by atoms with Crippen molar-refractivity contribution >= 4 is 18.2 Å². The number of rotatable bonds is 1. The summed E-state index contributed by atoms with van der Waals surface area (Å²) in [5, 5.41) is 0. The largest absolute Gasteiger partial charge is 0.375 e. The van der Waals surface area contributed by atoms with Gasteiger partial charge in [-0.25, -0.2) is 0 Å². The molecule has 1 saturated heterocycles. The number of morpholine rings is 1. The number of hydrogen-bond donors (Lipinski definition) is 0. The van der Waals surface area contributed by atoms with E-state index in [0.29, 0.717) is 5.92 Å². The van der Waals surface area contributed by atoms with E-state index in [4.69, 9.17) is 4.74 Å². The summed E-state index contributed by atoms with van der Waals surface area (Å²) in [5.74, 6) is 0.369. The highest BCUT2D eigenvalue weighted by Gasteiger charge is 2.34. The second kappa shape index (κ2) is 5.32. The predicted molar refractivity (Wildman–Crippen MR) is 88.4 cm³/mol. The molecule has 3 heteroatoms. The van der Waals surface area contributed by atoms with Gasteiger partial charge in [0.1, 0.15) is 0 Å². The molecule has 2 heterocycles. The third-order valence-corrected chi connectivity index (χ3v) is 4.83. The topological polar surface area (TPSA) is 12.5 Å². The molecular formula is C18H20BNO. The lowest BCUT2D eigenvalue weighted by Gasteiger charge is -2.39. The minimum Gasteiger partial charge on any atom is -0.375 e. The van der Waals surface area contributed by atoms with Crippen molar-refractivity contribution in [2.24, 2.45) is 0 Å². The SMILES string of the molecule is CN1CCOC(C2c3ccccc3Bc3ccccc32)C1. The number of likely N-dealkylation sites (N-methyl/N-ethyl adjacent to an activating group) is 1. The first kappa shape index (κ1) is 13.1. The molecule has 0 amide bonds. The maximum absolute atomic E-state index is 6.16. The third kappa shape index (κ3) is 2.31. The standard InChI is InChI=1S/C18H20BNO/c1-20-10-11-21-17(12-20)18-13-6-2-4-8-15(13)19-16-9-5-3-7-14(16)18/h2-9,17-19H,10-12H2,1H3. The first-order valence-corrected chi connectivity index (χ1v) is 7.78. The van der Waals surface area contributed by atoms with Crippen LogP contribution >= 0.6 is 0 Å². The van der Waals surface area contributed by atoms with Crippen molar-refractivity contribution in [3.05, 3.63) is 59.7 Å². The molecule has 2 aliphatic heterocycles. The van der Waals surface area contributed by atoms with E-state index in [2.05, 4.69) is 60.5 Å². The van der Waals surface area contributed by atoms with E-state index >= 15 is 0 Å². The van der Waals surface area contributed by atoms with Crippen LogP contribution in [0.4, 0.5) is 0 Å². The summed E-state index contributed by atoms with van der Waals surface area (Å²) in [6.45, 7) is 2.88. The fraction of sp³-hybridized carbons (Fsp3) is 0.333. The van der Waals surface area contributed by atoms with Gasteiger partial charge in [-0.3, -0.25) is 0 Å². The van der Waals surface area contributed by atoms with E-state index in [9.17, 15) is 0 Å². The molecule has 0 spiro atoms. The molecule has 0 aromatic heterocycles. The number of hydrogen-bond acceptors (Lipinski definition) is 2. The van der Waals surface area contributed by atoms with Gasteiger partial charge in [0.05, 0.1) is 12.7 Å². The van der Waals surface area contributed by atoms with E-state index in [1.54, 1.807) is 0 Å². The highest BCUT2D eigenvalue weighted by atomic mass is 16.5. The van der Waals surface area contributed by atoms with Crippen LogP contribution in [0.25, 0.3) is 0 Å². The minimum absolute atomic E-state index is 0.256. The zero-order valence-corrected chi connectivity index (χ0v) is 12.5. The van der Waals surface area contributed by atoms with Gasteiger partial charge in [0.25, 0.3) is 0 Å². The maximum atomic E-state index is 6.16. The van der Waals surface area contributed by atoms with Crippen LogP contribution in [-0.2, 0) is 4.74 Å². The van der Waals surface area contributed by atoms with Crippen molar-refractivity contribution in [2.45, 2.75) is 12.0 Å². The highest BCUT2D eigenvalue weighted by molar-refractivity contribution is 6.69. The lowest BCUT2D eigenvalue weighted by atomic mass is 9.53. The molecule has 0 bridgehead atoms. The van der Waals surface area contributed by atoms with Gasteiger partial charge in [0.15, 0.2) is 7.28 Å². The van der Waals surface area contributed by atoms with Crippen LogP contribution in [0.2, 0.25) is 0 Å². The molecule has 2 aromatic rings. The Morgan fingerprint density at radius 3 is 2.24 bits per heavy atom. The van der Waals surface area contributed by atoms with Crippen molar-refractivity contribution in [1.82, 2.24) is 4.90 Å². The molecule has 0 radical (unpaired) electrons. The molecular weight excluding hydrogens is 257 g/mol.